The summed E-state index contributed by atoms with van der Waals surface area (Å²) in [5.41, 5.74) is 0.571. The molecule has 1 aliphatic carbocycles. The largest absolute Gasteiger partial charge is 0.491 e. The van der Waals surface area contributed by atoms with Crippen molar-refractivity contribution in [2.45, 2.75) is 25.4 Å². The lowest BCUT2D eigenvalue weighted by Crippen LogP contribution is -2.32. The average Bonchev–Trinajstić information content (AvgIpc) is 2.85. The fourth-order valence-corrected chi connectivity index (χ4v) is 2.72. The third-order valence-corrected chi connectivity index (χ3v) is 3.90. The number of nitriles is 1. The van der Waals surface area contributed by atoms with Gasteiger partial charge in [0.25, 0.3) is 0 Å². The van der Waals surface area contributed by atoms with Crippen LogP contribution in [0.2, 0.25) is 0 Å². The highest BCUT2D eigenvalue weighted by Crippen LogP contribution is 2.25. The highest BCUT2D eigenvalue weighted by molar-refractivity contribution is 5.42. The fourth-order valence-electron chi connectivity index (χ4n) is 2.72. The van der Waals surface area contributed by atoms with Crippen molar-refractivity contribution in [3.8, 4) is 11.8 Å². The van der Waals surface area contributed by atoms with Crippen molar-refractivity contribution in [3.63, 3.8) is 0 Å². The molecule has 20 heavy (non-hydrogen) atoms. The molecule has 1 N–H and O–H groups in total. The number of aliphatic hydroxyl groups excluding tert-OH is 1. The number of nitrogens with zero attached hydrogens (tertiary/aromatic N) is 2. The van der Waals surface area contributed by atoms with Crippen LogP contribution in [0.3, 0.4) is 0 Å². The second kappa shape index (κ2) is 7.28. The van der Waals surface area contributed by atoms with E-state index in [1.807, 2.05) is 25.2 Å². The maximum Gasteiger partial charge on any atom is 0.137 e. The van der Waals surface area contributed by atoms with Gasteiger partial charge in [0.05, 0.1) is 11.7 Å². The molecule has 2 unspecified atom stereocenters. The predicted molar refractivity (Wildman–Crippen MR) is 77.5 cm³/mol. The zero-order chi connectivity index (χ0) is 14.4. The van der Waals surface area contributed by atoms with E-state index in [4.69, 9.17) is 10.00 Å². The van der Waals surface area contributed by atoms with Crippen LogP contribution in [-0.4, -0.2) is 42.9 Å². The van der Waals surface area contributed by atoms with Crippen LogP contribution >= 0.6 is 0 Å². The van der Waals surface area contributed by atoms with E-state index < -0.39 is 0 Å². The third kappa shape index (κ3) is 3.96. The molecule has 0 aromatic heterocycles. The average molecular weight is 274 g/mol. The molecule has 108 valence electrons. The van der Waals surface area contributed by atoms with Gasteiger partial charge in [-0.05, 0) is 37.9 Å². The van der Waals surface area contributed by atoms with E-state index >= 15 is 0 Å². The van der Waals surface area contributed by atoms with Crippen molar-refractivity contribution in [1.29, 1.82) is 5.26 Å². The van der Waals surface area contributed by atoms with Crippen LogP contribution in [0.5, 0.6) is 5.75 Å². The summed E-state index contributed by atoms with van der Waals surface area (Å²) in [6.45, 7) is 2.26. The number of para-hydroxylation sites is 1. The summed E-state index contributed by atoms with van der Waals surface area (Å²) in [4.78, 5) is 2.19. The minimum absolute atomic E-state index is 0.141. The first kappa shape index (κ1) is 14.8. The van der Waals surface area contributed by atoms with Gasteiger partial charge in [-0.1, -0.05) is 18.6 Å². The van der Waals surface area contributed by atoms with E-state index in [9.17, 15) is 5.11 Å². The fraction of sp³-hybridized carbons (Fsp3) is 0.562. The van der Waals surface area contributed by atoms with Crippen molar-refractivity contribution >= 4 is 0 Å². The van der Waals surface area contributed by atoms with Crippen LogP contribution in [0.15, 0.2) is 24.3 Å². The monoisotopic (exact) mass is 274 g/mol. The Bertz CT molecular complexity index is 470. The Balaban J connectivity index is 1.74. The Morgan fingerprint density at radius 2 is 2.20 bits per heavy atom. The number of likely N-dealkylation sites (N-methyl/N-ethyl adjacent to an activating group) is 1. The second-order valence-electron chi connectivity index (χ2n) is 5.48. The molecule has 0 bridgehead atoms. The maximum atomic E-state index is 9.82. The normalized spacial score (nSPS) is 21.9. The van der Waals surface area contributed by atoms with Gasteiger partial charge >= 0.3 is 0 Å². The van der Waals surface area contributed by atoms with Gasteiger partial charge in [0.1, 0.15) is 18.4 Å². The molecule has 0 spiro atoms. The summed E-state index contributed by atoms with van der Waals surface area (Å²) in [7, 11) is 2.05. The molecule has 1 aliphatic rings. The second-order valence-corrected chi connectivity index (χ2v) is 5.48. The Kier molecular flexibility index (Phi) is 5.40. The van der Waals surface area contributed by atoms with Crippen LogP contribution in [0, 0.1) is 17.2 Å². The Morgan fingerprint density at radius 1 is 1.40 bits per heavy atom. The van der Waals surface area contributed by atoms with Gasteiger partial charge in [0.2, 0.25) is 0 Å². The lowest BCUT2D eigenvalue weighted by atomic mass is 10.1. The quantitative estimate of drug-likeness (QED) is 0.862. The van der Waals surface area contributed by atoms with E-state index in [1.54, 1.807) is 6.07 Å². The van der Waals surface area contributed by atoms with Crippen LogP contribution in [0.4, 0.5) is 0 Å². The van der Waals surface area contributed by atoms with Crippen LogP contribution in [-0.2, 0) is 0 Å². The van der Waals surface area contributed by atoms with Crippen molar-refractivity contribution in [2.24, 2.45) is 5.92 Å². The van der Waals surface area contributed by atoms with Gasteiger partial charge in [-0.25, -0.2) is 0 Å². The van der Waals surface area contributed by atoms with Crippen molar-refractivity contribution < 1.29 is 9.84 Å². The molecular formula is C16H22N2O2. The summed E-state index contributed by atoms with van der Waals surface area (Å²) in [5.74, 6) is 1.04. The Morgan fingerprint density at radius 3 is 2.90 bits per heavy atom. The molecule has 0 aliphatic heterocycles. The standard InChI is InChI=1S/C16H22N2O2/c1-18(12-14-6-4-7-15(14)19)9-10-20-16-8-3-2-5-13(16)11-17/h2-3,5,8,14-15,19H,4,6-7,9-10,12H2,1H3. The van der Waals surface area contributed by atoms with E-state index in [1.165, 1.54) is 0 Å². The van der Waals surface area contributed by atoms with Crippen LogP contribution < -0.4 is 4.74 Å². The van der Waals surface area contributed by atoms with Crippen LogP contribution in [0.1, 0.15) is 24.8 Å². The lowest BCUT2D eigenvalue weighted by molar-refractivity contribution is 0.105. The number of benzene rings is 1. The summed E-state index contributed by atoms with van der Waals surface area (Å²) < 4.78 is 5.66. The molecule has 0 amide bonds. The molecule has 0 radical (unpaired) electrons. The van der Waals surface area contributed by atoms with Gasteiger partial charge in [0.15, 0.2) is 0 Å². The van der Waals surface area contributed by atoms with E-state index in [0.717, 1.165) is 32.4 Å². The summed E-state index contributed by atoms with van der Waals surface area (Å²) >= 11 is 0. The first-order valence-corrected chi connectivity index (χ1v) is 7.19. The number of aliphatic hydroxyl groups is 1. The first-order valence-electron chi connectivity index (χ1n) is 7.19. The summed E-state index contributed by atoms with van der Waals surface area (Å²) in [5, 5.41) is 18.8. The van der Waals surface area contributed by atoms with Gasteiger partial charge < -0.3 is 14.7 Å². The first-order chi connectivity index (χ1) is 9.70. The molecule has 1 aromatic rings. The minimum atomic E-state index is -0.141. The predicted octanol–water partition coefficient (Wildman–Crippen LogP) is 2.03. The number of hydrogen-bond donors (Lipinski definition) is 1. The van der Waals surface area contributed by atoms with Gasteiger partial charge in [0, 0.05) is 13.1 Å². The lowest BCUT2D eigenvalue weighted by Gasteiger charge is -2.23. The van der Waals surface area contributed by atoms with Crippen molar-refractivity contribution in [1.82, 2.24) is 4.90 Å². The van der Waals surface area contributed by atoms with Gasteiger partial charge in [-0.15, -0.1) is 0 Å². The summed E-state index contributed by atoms with van der Waals surface area (Å²) in [6, 6.07) is 9.41. The molecule has 2 rings (SSSR count). The minimum Gasteiger partial charge on any atom is -0.491 e. The molecule has 1 aromatic carbocycles. The van der Waals surface area contributed by atoms with Gasteiger partial charge in [-0.2, -0.15) is 5.26 Å². The SMILES string of the molecule is CN(CCOc1ccccc1C#N)CC1CCCC1O. The molecule has 2 atom stereocenters. The number of hydrogen-bond acceptors (Lipinski definition) is 4. The Labute approximate surface area is 120 Å². The van der Waals surface area contributed by atoms with E-state index in [2.05, 4.69) is 11.0 Å². The van der Waals surface area contributed by atoms with Gasteiger partial charge in [-0.3, -0.25) is 0 Å². The third-order valence-electron chi connectivity index (χ3n) is 3.90. The number of rotatable bonds is 6. The van der Waals surface area contributed by atoms with E-state index in [0.29, 0.717) is 23.8 Å². The van der Waals surface area contributed by atoms with E-state index in [-0.39, 0.29) is 6.10 Å². The molecule has 1 saturated carbocycles. The zero-order valence-corrected chi connectivity index (χ0v) is 12.0. The van der Waals surface area contributed by atoms with Crippen LogP contribution in [0.25, 0.3) is 0 Å². The molecule has 0 saturated heterocycles. The highest BCUT2D eigenvalue weighted by Gasteiger charge is 2.25. The molecular weight excluding hydrogens is 252 g/mol. The molecule has 4 heteroatoms. The van der Waals surface area contributed by atoms with Crippen molar-refractivity contribution in [3.05, 3.63) is 29.8 Å². The smallest absolute Gasteiger partial charge is 0.137 e. The Hall–Kier alpha value is -1.57. The highest BCUT2D eigenvalue weighted by atomic mass is 16.5. The molecule has 4 nitrogen and oxygen atoms in total. The topological polar surface area (TPSA) is 56.5 Å². The number of ether oxygens (including phenoxy) is 1. The molecule has 0 heterocycles. The van der Waals surface area contributed by atoms with Crippen molar-refractivity contribution in [2.75, 3.05) is 26.7 Å². The molecule has 1 fully saturated rings. The zero-order valence-electron chi connectivity index (χ0n) is 12.0. The maximum absolute atomic E-state index is 9.82. The summed E-state index contributed by atoms with van der Waals surface area (Å²) in [6.07, 6.45) is 3.04.